The standard InChI is InChI=1S/C15H13FN4O/c1-10(17)14-8-15(13-6-7-21-19-13)20(18-14)9-11-4-2-3-5-12(11)16/h2-8,17H,9H2,1H3. The van der Waals surface area contributed by atoms with Gasteiger partial charge in [0.2, 0.25) is 0 Å². The first-order chi connectivity index (χ1) is 10.1. The van der Waals surface area contributed by atoms with Gasteiger partial charge in [-0.25, -0.2) is 4.39 Å². The molecule has 1 aromatic carbocycles. The topological polar surface area (TPSA) is 67.7 Å². The predicted octanol–water partition coefficient (Wildman–Crippen LogP) is 3.11. The molecule has 1 N–H and O–H groups in total. The van der Waals surface area contributed by atoms with Gasteiger partial charge in [-0.2, -0.15) is 5.10 Å². The lowest BCUT2D eigenvalue weighted by molar-refractivity contribution is 0.421. The molecule has 106 valence electrons. The first-order valence-corrected chi connectivity index (χ1v) is 6.42. The third-order valence-corrected chi connectivity index (χ3v) is 3.14. The maximum Gasteiger partial charge on any atom is 0.131 e. The van der Waals surface area contributed by atoms with Crippen LogP contribution < -0.4 is 0 Å². The Hall–Kier alpha value is -2.76. The second-order valence-electron chi connectivity index (χ2n) is 4.67. The normalized spacial score (nSPS) is 10.8. The summed E-state index contributed by atoms with van der Waals surface area (Å²) in [6, 6.07) is 10.0. The van der Waals surface area contributed by atoms with Gasteiger partial charge in [-0.1, -0.05) is 23.4 Å². The fraction of sp³-hybridized carbons (Fsp3) is 0.133. The fourth-order valence-electron chi connectivity index (χ4n) is 2.06. The van der Waals surface area contributed by atoms with Crippen LogP contribution in [0.25, 0.3) is 11.4 Å². The monoisotopic (exact) mass is 284 g/mol. The molecule has 21 heavy (non-hydrogen) atoms. The fourth-order valence-corrected chi connectivity index (χ4v) is 2.06. The number of hydrogen-bond acceptors (Lipinski definition) is 4. The molecule has 0 unspecified atom stereocenters. The molecule has 0 amide bonds. The molecule has 2 aromatic heterocycles. The molecule has 3 aromatic rings. The summed E-state index contributed by atoms with van der Waals surface area (Å²) in [6.07, 6.45) is 1.46. The highest BCUT2D eigenvalue weighted by Crippen LogP contribution is 2.21. The molecule has 0 bridgehead atoms. The third kappa shape index (κ3) is 2.60. The van der Waals surface area contributed by atoms with Crippen molar-refractivity contribution in [3.63, 3.8) is 0 Å². The van der Waals surface area contributed by atoms with Gasteiger partial charge in [0, 0.05) is 11.6 Å². The van der Waals surface area contributed by atoms with E-state index in [0.717, 1.165) is 0 Å². The van der Waals surface area contributed by atoms with Crippen LogP contribution in [0.2, 0.25) is 0 Å². The van der Waals surface area contributed by atoms with Gasteiger partial charge in [-0.3, -0.25) is 4.68 Å². The van der Waals surface area contributed by atoms with Crippen molar-refractivity contribution in [2.45, 2.75) is 13.5 Å². The molecule has 0 aliphatic heterocycles. The zero-order valence-electron chi connectivity index (χ0n) is 11.4. The maximum atomic E-state index is 13.8. The van der Waals surface area contributed by atoms with E-state index in [1.165, 1.54) is 12.3 Å². The van der Waals surface area contributed by atoms with E-state index < -0.39 is 0 Å². The van der Waals surface area contributed by atoms with Crippen LogP contribution in [0.5, 0.6) is 0 Å². The Bertz CT molecular complexity index is 777. The number of benzene rings is 1. The molecule has 0 spiro atoms. The number of nitrogens with one attached hydrogen (secondary N) is 1. The largest absolute Gasteiger partial charge is 0.364 e. The van der Waals surface area contributed by atoms with Gasteiger partial charge in [0.25, 0.3) is 0 Å². The third-order valence-electron chi connectivity index (χ3n) is 3.14. The molecule has 0 fully saturated rings. The Morgan fingerprint density at radius 2 is 2.14 bits per heavy atom. The van der Waals surface area contributed by atoms with E-state index in [1.54, 1.807) is 41.9 Å². The van der Waals surface area contributed by atoms with Gasteiger partial charge in [-0.05, 0) is 19.1 Å². The maximum absolute atomic E-state index is 13.8. The van der Waals surface area contributed by atoms with Crippen molar-refractivity contribution in [2.24, 2.45) is 0 Å². The van der Waals surface area contributed by atoms with E-state index in [4.69, 9.17) is 9.93 Å². The Labute approximate surface area is 120 Å². The van der Waals surface area contributed by atoms with Crippen LogP contribution in [0, 0.1) is 11.2 Å². The number of hydrogen-bond donors (Lipinski definition) is 1. The van der Waals surface area contributed by atoms with Gasteiger partial charge in [0.15, 0.2) is 0 Å². The summed E-state index contributed by atoms with van der Waals surface area (Å²) in [5.74, 6) is -0.285. The number of aromatic nitrogens is 3. The average molecular weight is 284 g/mol. The van der Waals surface area contributed by atoms with Crippen molar-refractivity contribution in [2.75, 3.05) is 0 Å². The van der Waals surface area contributed by atoms with Gasteiger partial charge < -0.3 is 9.93 Å². The summed E-state index contributed by atoms with van der Waals surface area (Å²) >= 11 is 0. The van der Waals surface area contributed by atoms with Gasteiger partial charge in [-0.15, -0.1) is 0 Å². The quantitative estimate of drug-likeness (QED) is 0.748. The first kappa shape index (κ1) is 13.2. The lowest BCUT2D eigenvalue weighted by Gasteiger charge is -2.06. The molecular weight excluding hydrogens is 271 g/mol. The van der Waals surface area contributed by atoms with E-state index in [0.29, 0.717) is 28.4 Å². The Morgan fingerprint density at radius 3 is 2.81 bits per heavy atom. The van der Waals surface area contributed by atoms with Crippen LogP contribution in [0.1, 0.15) is 18.2 Å². The second-order valence-corrected chi connectivity index (χ2v) is 4.67. The molecular formula is C15H13FN4O. The molecule has 3 rings (SSSR count). The minimum Gasteiger partial charge on any atom is -0.364 e. The van der Waals surface area contributed by atoms with Crippen LogP contribution in [0.15, 0.2) is 47.2 Å². The van der Waals surface area contributed by atoms with Crippen LogP contribution in [0.4, 0.5) is 4.39 Å². The van der Waals surface area contributed by atoms with Crippen LogP contribution in [-0.4, -0.2) is 20.6 Å². The summed E-state index contributed by atoms with van der Waals surface area (Å²) in [5.41, 5.74) is 2.69. The van der Waals surface area contributed by atoms with Crippen molar-refractivity contribution in [1.29, 1.82) is 5.41 Å². The summed E-state index contributed by atoms with van der Waals surface area (Å²) < 4.78 is 20.3. The highest BCUT2D eigenvalue weighted by Gasteiger charge is 2.15. The smallest absolute Gasteiger partial charge is 0.131 e. The minimum atomic E-state index is -0.285. The van der Waals surface area contributed by atoms with Crippen LogP contribution in [0.3, 0.4) is 0 Å². The molecule has 0 aliphatic rings. The van der Waals surface area contributed by atoms with Gasteiger partial charge in [0.1, 0.15) is 23.5 Å². The number of halogens is 1. The Morgan fingerprint density at radius 1 is 1.33 bits per heavy atom. The number of rotatable bonds is 4. The van der Waals surface area contributed by atoms with E-state index in [9.17, 15) is 4.39 Å². The Balaban J connectivity index is 2.05. The minimum absolute atomic E-state index is 0.266. The lowest BCUT2D eigenvalue weighted by atomic mass is 10.2. The van der Waals surface area contributed by atoms with E-state index in [2.05, 4.69) is 10.3 Å². The summed E-state index contributed by atoms with van der Waals surface area (Å²) in [5, 5.41) is 15.9. The van der Waals surface area contributed by atoms with Crippen molar-refractivity contribution in [3.8, 4) is 11.4 Å². The highest BCUT2D eigenvalue weighted by molar-refractivity contribution is 5.95. The zero-order chi connectivity index (χ0) is 14.8. The molecule has 0 saturated heterocycles. The highest BCUT2D eigenvalue weighted by atomic mass is 19.1. The van der Waals surface area contributed by atoms with Crippen molar-refractivity contribution >= 4 is 5.71 Å². The predicted molar refractivity (Wildman–Crippen MR) is 75.7 cm³/mol. The lowest BCUT2D eigenvalue weighted by Crippen LogP contribution is -2.06. The first-order valence-electron chi connectivity index (χ1n) is 6.42. The Kier molecular flexibility index (Phi) is 3.35. The summed E-state index contributed by atoms with van der Waals surface area (Å²) in [7, 11) is 0. The average Bonchev–Trinajstić information content (AvgIpc) is 3.10. The molecule has 6 heteroatoms. The number of nitrogens with zero attached hydrogens (tertiary/aromatic N) is 3. The second kappa shape index (κ2) is 5.32. The van der Waals surface area contributed by atoms with Crippen molar-refractivity contribution in [3.05, 3.63) is 59.7 Å². The van der Waals surface area contributed by atoms with Gasteiger partial charge >= 0.3 is 0 Å². The molecule has 5 nitrogen and oxygen atoms in total. The zero-order valence-corrected chi connectivity index (χ0v) is 11.4. The SMILES string of the molecule is CC(=N)c1cc(-c2ccon2)n(Cc2ccccc2F)n1. The van der Waals surface area contributed by atoms with E-state index >= 15 is 0 Å². The summed E-state index contributed by atoms with van der Waals surface area (Å²) in [6.45, 7) is 1.92. The van der Waals surface area contributed by atoms with Crippen molar-refractivity contribution < 1.29 is 8.91 Å². The molecule has 0 atom stereocenters. The molecule has 0 radical (unpaired) electrons. The molecule has 0 saturated carbocycles. The van der Waals surface area contributed by atoms with Crippen LogP contribution >= 0.6 is 0 Å². The van der Waals surface area contributed by atoms with E-state index in [1.807, 2.05) is 0 Å². The van der Waals surface area contributed by atoms with Crippen molar-refractivity contribution in [1.82, 2.24) is 14.9 Å². The van der Waals surface area contributed by atoms with E-state index in [-0.39, 0.29) is 12.4 Å². The summed E-state index contributed by atoms with van der Waals surface area (Å²) in [4.78, 5) is 0. The van der Waals surface area contributed by atoms with Crippen LogP contribution in [-0.2, 0) is 6.54 Å². The molecule has 0 aliphatic carbocycles. The van der Waals surface area contributed by atoms with Gasteiger partial charge in [0.05, 0.1) is 18.0 Å². The molecule has 2 heterocycles.